The van der Waals surface area contributed by atoms with Crippen molar-refractivity contribution in [2.24, 2.45) is 0 Å². The van der Waals surface area contributed by atoms with E-state index in [1.165, 1.54) is 6.33 Å². The van der Waals surface area contributed by atoms with E-state index in [0.717, 1.165) is 41.9 Å². The Labute approximate surface area is 146 Å². The van der Waals surface area contributed by atoms with Gasteiger partial charge in [0.25, 0.3) is 11.7 Å². The lowest BCUT2D eigenvalue weighted by Gasteiger charge is -2.33. The summed E-state index contributed by atoms with van der Waals surface area (Å²) < 4.78 is 1.80. The summed E-state index contributed by atoms with van der Waals surface area (Å²) in [6.45, 7) is 5.46. The summed E-state index contributed by atoms with van der Waals surface area (Å²) in [7, 11) is 0. The monoisotopic (exact) mass is 335 g/mol. The molecule has 0 saturated carbocycles. The first-order valence-electron chi connectivity index (χ1n) is 8.65. The second-order valence-electron chi connectivity index (χ2n) is 6.70. The van der Waals surface area contributed by atoms with Crippen LogP contribution >= 0.6 is 0 Å². The average molecular weight is 335 g/mol. The van der Waals surface area contributed by atoms with Gasteiger partial charge < -0.3 is 4.90 Å². The summed E-state index contributed by atoms with van der Waals surface area (Å²) in [5.74, 6) is 0.980. The summed E-state index contributed by atoms with van der Waals surface area (Å²) in [5.41, 5.74) is 3.83. The zero-order valence-corrected chi connectivity index (χ0v) is 14.5. The highest BCUT2D eigenvalue weighted by atomic mass is 16.2. The molecule has 0 spiro atoms. The Balaban J connectivity index is 1.64. The van der Waals surface area contributed by atoms with Gasteiger partial charge in [-0.1, -0.05) is 18.2 Å². The third-order valence-corrected chi connectivity index (χ3v) is 4.91. The van der Waals surface area contributed by atoms with Crippen LogP contribution in [0.1, 0.15) is 46.1 Å². The zero-order chi connectivity index (χ0) is 17.4. The topological polar surface area (TPSA) is 63.4 Å². The second kappa shape index (κ2) is 6.27. The molecule has 4 rings (SSSR count). The lowest BCUT2D eigenvalue weighted by molar-refractivity contribution is 0.0704. The van der Waals surface area contributed by atoms with Gasteiger partial charge in [0.15, 0.2) is 0 Å². The van der Waals surface area contributed by atoms with E-state index in [9.17, 15) is 4.79 Å². The number of carbonyl (C=O) groups is 1. The summed E-state index contributed by atoms with van der Waals surface area (Å²) in [6.07, 6.45) is 3.56. The number of carbonyl (C=O) groups excluding carboxylic acids is 1. The van der Waals surface area contributed by atoms with Crippen molar-refractivity contribution in [1.82, 2.24) is 24.5 Å². The van der Waals surface area contributed by atoms with Crippen molar-refractivity contribution in [2.45, 2.75) is 32.6 Å². The molecule has 1 aliphatic rings. The molecule has 25 heavy (non-hydrogen) atoms. The molecule has 1 unspecified atom stereocenters. The van der Waals surface area contributed by atoms with Crippen LogP contribution in [0.25, 0.3) is 5.78 Å². The molecule has 3 heterocycles. The Morgan fingerprint density at radius 2 is 2.08 bits per heavy atom. The molecule has 3 aromatic rings. The SMILES string of the molecule is Cc1cc(C2CCCN(C(=O)c3ccccc3C)C2)n2ncnc2n1. The van der Waals surface area contributed by atoms with Gasteiger partial charge in [0.2, 0.25) is 0 Å². The van der Waals surface area contributed by atoms with Gasteiger partial charge in [0.1, 0.15) is 6.33 Å². The fraction of sp³-hybridized carbons (Fsp3) is 0.368. The van der Waals surface area contributed by atoms with Crippen molar-refractivity contribution in [2.75, 3.05) is 13.1 Å². The first kappa shape index (κ1) is 15.7. The smallest absolute Gasteiger partial charge is 0.254 e. The van der Waals surface area contributed by atoms with Crippen LogP contribution in [0, 0.1) is 13.8 Å². The van der Waals surface area contributed by atoms with E-state index in [1.54, 1.807) is 4.52 Å². The molecule has 1 aromatic carbocycles. The van der Waals surface area contributed by atoms with Crippen LogP contribution in [0.3, 0.4) is 0 Å². The molecule has 1 aliphatic heterocycles. The summed E-state index contributed by atoms with van der Waals surface area (Å²) in [5, 5.41) is 4.32. The minimum absolute atomic E-state index is 0.114. The van der Waals surface area contributed by atoms with Crippen molar-refractivity contribution in [3.63, 3.8) is 0 Å². The van der Waals surface area contributed by atoms with Gasteiger partial charge in [-0.05, 0) is 44.4 Å². The minimum Gasteiger partial charge on any atom is -0.338 e. The predicted molar refractivity (Wildman–Crippen MR) is 94.6 cm³/mol. The van der Waals surface area contributed by atoms with Crippen molar-refractivity contribution < 1.29 is 4.79 Å². The van der Waals surface area contributed by atoms with Crippen LogP contribution in [-0.2, 0) is 0 Å². The molecule has 6 heteroatoms. The maximum absolute atomic E-state index is 13.0. The van der Waals surface area contributed by atoms with Crippen LogP contribution < -0.4 is 0 Å². The van der Waals surface area contributed by atoms with E-state index in [2.05, 4.69) is 21.1 Å². The number of amides is 1. The Hall–Kier alpha value is -2.76. The van der Waals surface area contributed by atoms with Gasteiger partial charge in [0.05, 0.1) is 5.69 Å². The van der Waals surface area contributed by atoms with E-state index >= 15 is 0 Å². The van der Waals surface area contributed by atoms with Gasteiger partial charge in [-0.2, -0.15) is 10.1 Å². The van der Waals surface area contributed by atoms with E-state index in [4.69, 9.17) is 0 Å². The molecule has 128 valence electrons. The lowest BCUT2D eigenvalue weighted by atomic mass is 9.93. The van der Waals surface area contributed by atoms with Crippen LogP contribution in [0.5, 0.6) is 0 Å². The minimum atomic E-state index is 0.114. The molecular formula is C19H21N5O. The molecule has 6 nitrogen and oxygen atoms in total. The first-order valence-corrected chi connectivity index (χ1v) is 8.65. The quantitative estimate of drug-likeness (QED) is 0.722. The highest BCUT2D eigenvalue weighted by Gasteiger charge is 2.28. The summed E-state index contributed by atoms with van der Waals surface area (Å²) in [4.78, 5) is 23.5. The largest absolute Gasteiger partial charge is 0.338 e. The summed E-state index contributed by atoms with van der Waals surface area (Å²) in [6, 6.07) is 9.85. The molecule has 0 aliphatic carbocycles. The van der Waals surface area contributed by atoms with Crippen molar-refractivity contribution in [1.29, 1.82) is 0 Å². The van der Waals surface area contributed by atoms with Crippen LogP contribution in [0.15, 0.2) is 36.7 Å². The molecule has 1 saturated heterocycles. The third-order valence-electron chi connectivity index (χ3n) is 4.91. The number of fused-ring (bicyclic) bond motifs is 1. The number of likely N-dealkylation sites (tertiary alicyclic amines) is 1. The molecular weight excluding hydrogens is 314 g/mol. The first-order chi connectivity index (χ1) is 12.1. The maximum atomic E-state index is 13.0. The van der Waals surface area contributed by atoms with Crippen molar-refractivity contribution in [3.05, 3.63) is 59.2 Å². The second-order valence-corrected chi connectivity index (χ2v) is 6.70. The molecule has 1 amide bonds. The highest BCUT2D eigenvalue weighted by Crippen LogP contribution is 2.28. The average Bonchev–Trinajstić information content (AvgIpc) is 3.09. The number of nitrogens with zero attached hydrogens (tertiary/aromatic N) is 5. The van der Waals surface area contributed by atoms with Gasteiger partial charge >= 0.3 is 0 Å². The van der Waals surface area contributed by atoms with Crippen LogP contribution in [0.4, 0.5) is 0 Å². The number of hydrogen-bond acceptors (Lipinski definition) is 4. The number of piperidine rings is 1. The normalized spacial score (nSPS) is 17.8. The third kappa shape index (κ3) is 2.88. The van der Waals surface area contributed by atoms with Crippen LogP contribution in [-0.4, -0.2) is 43.5 Å². The standard InChI is InChI=1S/C19H21N5O/c1-13-6-3-4-8-16(13)18(25)23-9-5-7-15(11-23)17-10-14(2)22-19-20-12-21-24(17)19/h3-4,6,8,10,12,15H,5,7,9,11H2,1-2H3. The number of benzene rings is 1. The molecule has 0 N–H and O–H groups in total. The molecule has 0 bridgehead atoms. The highest BCUT2D eigenvalue weighted by molar-refractivity contribution is 5.95. The fourth-order valence-corrected chi connectivity index (χ4v) is 3.64. The van der Waals surface area contributed by atoms with Gasteiger partial charge in [0, 0.05) is 30.3 Å². The van der Waals surface area contributed by atoms with E-state index in [-0.39, 0.29) is 11.8 Å². The number of rotatable bonds is 2. The lowest BCUT2D eigenvalue weighted by Crippen LogP contribution is -2.39. The molecule has 2 aromatic heterocycles. The number of hydrogen-bond donors (Lipinski definition) is 0. The Kier molecular flexibility index (Phi) is 3.95. The Morgan fingerprint density at radius 1 is 1.24 bits per heavy atom. The number of aromatic nitrogens is 4. The molecule has 0 radical (unpaired) electrons. The van der Waals surface area contributed by atoms with Gasteiger partial charge in [-0.15, -0.1) is 0 Å². The maximum Gasteiger partial charge on any atom is 0.254 e. The fourth-order valence-electron chi connectivity index (χ4n) is 3.64. The van der Waals surface area contributed by atoms with Crippen molar-refractivity contribution in [3.8, 4) is 0 Å². The van der Waals surface area contributed by atoms with E-state index in [0.29, 0.717) is 12.3 Å². The van der Waals surface area contributed by atoms with Crippen molar-refractivity contribution >= 4 is 11.7 Å². The van der Waals surface area contributed by atoms with E-state index in [1.807, 2.05) is 43.0 Å². The molecule has 1 atom stereocenters. The van der Waals surface area contributed by atoms with Gasteiger partial charge in [-0.3, -0.25) is 4.79 Å². The van der Waals surface area contributed by atoms with E-state index < -0.39 is 0 Å². The number of aryl methyl sites for hydroxylation is 2. The summed E-state index contributed by atoms with van der Waals surface area (Å²) >= 11 is 0. The predicted octanol–water partition coefficient (Wildman–Crippen LogP) is 2.76. The Morgan fingerprint density at radius 3 is 2.92 bits per heavy atom. The Bertz CT molecular complexity index is 932. The molecule has 1 fully saturated rings. The van der Waals surface area contributed by atoms with Gasteiger partial charge in [-0.25, -0.2) is 9.50 Å². The van der Waals surface area contributed by atoms with Crippen LogP contribution in [0.2, 0.25) is 0 Å². The zero-order valence-electron chi connectivity index (χ0n) is 14.5.